The van der Waals surface area contributed by atoms with Crippen molar-refractivity contribution >= 4 is 46.6 Å². The first-order valence-corrected chi connectivity index (χ1v) is 11.2. The summed E-state index contributed by atoms with van der Waals surface area (Å²) in [7, 11) is 1.87. The first kappa shape index (κ1) is 23.6. The summed E-state index contributed by atoms with van der Waals surface area (Å²) in [4.78, 5) is 13.7. The van der Waals surface area contributed by atoms with E-state index in [1.54, 1.807) is 0 Å². The topological polar surface area (TPSA) is 65.9 Å². The van der Waals surface area contributed by atoms with Gasteiger partial charge in [0.25, 0.3) is 0 Å². The Morgan fingerprint density at radius 3 is 2.61 bits per heavy atom. The summed E-state index contributed by atoms with van der Waals surface area (Å²) in [5, 5.41) is 4.55. The molecular weight excluding hydrogens is 487 g/mol. The molecule has 1 saturated carbocycles. The van der Waals surface area contributed by atoms with Crippen LogP contribution in [-0.4, -0.2) is 72.7 Å². The third-order valence-corrected chi connectivity index (χ3v) is 6.16. The number of nitrogens with zero attached hydrogens (tertiary/aromatic N) is 5. The number of halogens is 1. The molecule has 9 heteroatoms. The number of aromatic nitrogens is 2. The van der Waals surface area contributed by atoms with E-state index >= 15 is 0 Å². The second-order valence-corrected chi connectivity index (χ2v) is 8.01. The van der Waals surface area contributed by atoms with Crippen molar-refractivity contribution < 1.29 is 4.74 Å². The van der Waals surface area contributed by atoms with E-state index in [0.29, 0.717) is 6.10 Å². The Balaban J connectivity index is 0.00000280. The molecule has 0 atom stereocenters. The largest absolute Gasteiger partial charge is 0.378 e. The van der Waals surface area contributed by atoms with Crippen LogP contribution in [0.15, 0.2) is 4.99 Å². The molecule has 1 N–H and O–H groups in total. The van der Waals surface area contributed by atoms with E-state index in [1.807, 2.05) is 7.05 Å². The Morgan fingerprint density at radius 2 is 1.96 bits per heavy atom. The molecule has 0 radical (unpaired) electrons. The van der Waals surface area contributed by atoms with Crippen LogP contribution in [0.25, 0.3) is 0 Å². The minimum atomic E-state index is 0. The molecule has 0 spiro atoms. The molecule has 2 heterocycles. The fourth-order valence-electron chi connectivity index (χ4n) is 3.71. The number of rotatable bonds is 7. The van der Waals surface area contributed by atoms with Gasteiger partial charge in [0.1, 0.15) is 5.82 Å². The third kappa shape index (κ3) is 6.98. The summed E-state index contributed by atoms with van der Waals surface area (Å²) in [6.07, 6.45) is 8.96. The standard InChI is InChI=1S/C19H34N6OS.HI/c1-3-17-22-19(27-23-17)25-13-11-24(12-14-25)18(20-2)21-10-7-15-26-16-8-5-4-6-9-16;/h16H,3-15H2,1-2H3,(H,20,21);1H. The molecule has 0 bridgehead atoms. The third-order valence-electron chi connectivity index (χ3n) is 5.35. The van der Waals surface area contributed by atoms with Crippen LogP contribution in [0, 0.1) is 0 Å². The Hall–Kier alpha value is -0.680. The number of ether oxygens (including phenoxy) is 1. The quantitative estimate of drug-likeness (QED) is 0.257. The lowest BCUT2D eigenvalue weighted by atomic mass is 9.98. The van der Waals surface area contributed by atoms with Crippen molar-refractivity contribution in [1.29, 1.82) is 0 Å². The lowest BCUT2D eigenvalue weighted by Crippen LogP contribution is -2.52. The maximum absolute atomic E-state index is 6.01. The van der Waals surface area contributed by atoms with Gasteiger partial charge < -0.3 is 19.9 Å². The highest BCUT2D eigenvalue weighted by Gasteiger charge is 2.22. The molecule has 1 aliphatic heterocycles. The molecule has 1 aromatic heterocycles. The van der Waals surface area contributed by atoms with Crippen molar-refractivity contribution in [2.45, 2.75) is 58.0 Å². The molecule has 1 saturated heterocycles. The van der Waals surface area contributed by atoms with Gasteiger partial charge in [-0.3, -0.25) is 4.99 Å². The summed E-state index contributed by atoms with van der Waals surface area (Å²) < 4.78 is 10.4. The Morgan fingerprint density at radius 1 is 1.21 bits per heavy atom. The average molecular weight is 523 g/mol. The van der Waals surface area contributed by atoms with Crippen LogP contribution in [0.5, 0.6) is 0 Å². The maximum Gasteiger partial charge on any atom is 0.205 e. The minimum Gasteiger partial charge on any atom is -0.378 e. The fourth-order valence-corrected chi connectivity index (χ4v) is 4.51. The molecule has 7 nitrogen and oxygen atoms in total. The molecular formula is C19H35IN6OS. The average Bonchev–Trinajstić information content (AvgIpc) is 3.21. The predicted octanol–water partition coefficient (Wildman–Crippen LogP) is 3.16. The molecule has 2 fully saturated rings. The van der Waals surface area contributed by atoms with Crippen molar-refractivity contribution in [1.82, 2.24) is 19.6 Å². The molecule has 2 aliphatic rings. The summed E-state index contributed by atoms with van der Waals surface area (Å²) in [6.45, 7) is 7.70. The lowest BCUT2D eigenvalue weighted by molar-refractivity contribution is 0.0276. The van der Waals surface area contributed by atoms with Crippen LogP contribution in [0.3, 0.4) is 0 Å². The van der Waals surface area contributed by atoms with Crippen molar-refractivity contribution in [2.75, 3.05) is 51.3 Å². The second kappa shape index (κ2) is 12.8. The highest BCUT2D eigenvalue weighted by molar-refractivity contribution is 14.0. The van der Waals surface area contributed by atoms with E-state index in [1.165, 1.54) is 43.6 Å². The van der Waals surface area contributed by atoms with Gasteiger partial charge in [0.15, 0.2) is 5.96 Å². The molecule has 3 rings (SSSR count). The van der Waals surface area contributed by atoms with Crippen molar-refractivity contribution in [3.05, 3.63) is 5.82 Å². The van der Waals surface area contributed by atoms with Crippen molar-refractivity contribution in [3.63, 3.8) is 0 Å². The van der Waals surface area contributed by atoms with Gasteiger partial charge in [-0.2, -0.15) is 4.37 Å². The van der Waals surface area contributed by atoms with E-state index in [2.05, 4.69) is 36.4 Å². The molecule has 28 heavy (non-hydrogen) atoms. The smallest absolute Gasteiger partial charge is 0.205 e. The van der Waals surface area contributed by atoms with Gasteiger partial charge in [0.2, 0.25) is 5.13 Å². The van der Waals surface area contributed by atoms with Crippen LogP contribution in [-0.2, 0) is 11.2 Å². The zero-order valence-electron chi connectivity index (χ0n) is 17.2. The van der Waals surface area contributed by atoms with E-state index in [9.17, 15) is 0 Å². The second-order valence-electron chi connectivity index (χ2n) is 7.28. The number of guanidine groups is 1. The van der Waals surface area contributed by atoms with Crippen LogP contribution in [0.2, 0.25) is 0 Å². The molecule has 1 aromatic rings. The zero-order chi connectivity index (χ0) is 18.9. The summed E-state index contributed by atoms with van der Waals surface area (Å²) >= 11 is 1.51. The predicted molar refractivity (Wildman–Crippen MR) is 127 cm³/mol. The summed E-state index contributed by atoms with van der Waals surface area (Å²) in [6, 6.07) is 0. The first-order valence-electron chi connectivity index (χ1n) is 10.4. The highest BCUT2D eigenvalue weighted by atomic mass is 127. The first-order chi connectivity index (χ1) is 13.3. The molecule has 0 aromatic carbocycles. The van der Waals surface area contributed by atoms with Crippen LogP contribution >= 0.6 is 35.5 Å². The van der Waals surface area contributed by atoms with E-state index < -0.39 is 0 Å². The zero-order valence-corrected chi connectivity index (χ0v) is 20.4. The maximum atomic E-state index is 6.01. The molecule has 160 valence electrons. The number of anilines is 1. The van der Waals surface area contributed by atoms with Gasteiger partial charge in [0.05, 0.1) is 6.10 Å². The van der Waals surface area contributed by atoms with Gasteiger partial charge >= 0.3 is 0 Å². The molecule has 1 aliphatic carbocycles. The highest BCUT2D eigenvalue weighted by Crippen LogP contribution is 2.20. The normalized spacial score (nSPS) is 18.9. The Bertz CT molecular complexity index is 585. The van der Waals surface area contributed by atoms with Gasteiger partial charge in [0, 0.05) is 64.3 Å². The SMILES string of the molecule is CCc1nsc(N2CCN(C(=NC)NCCCOC3CCCCC3)CC2)n1.I. The van der Waals surface area contributed by atoms with Gasteiger partial charge in [-0.15, -0.1) is 24.0 Å². The van der Waals surface area contributed by atoms with E-state index in [0.717, 1.165) is 69.1 Å². The number of piperazine rings is 1. The number of aliphatic imine (C=N–C) groups is 1. The van der Waals surface area contributed by atoms with Crippen molar-refractivity contribution in [3.8, 4) is 0 Å². The van der Waals surface area contributed by atoms with E-state index in [-0.39, 0.29) is 24.0 Å². The fraction of sp³-hybridized carbons (Fsp3) is 0.842. The van der Waals surface area contributed by atoms with Crippen LogP contribution in [0.1, 0.15) is 51.3 Å². The van der Waals surface area contributed by atoms with Crippen LogP contribution < -0.4 is 10.2 Å². The number of hydrogen-bond acceptors (Lipinski definition) is 6. The number of nitrogens with one attached hydrogen (secondary N) is 1. The Labute approximate surface area is 190 Å². The van der Waals surface area contributed by atoms with Gasteiger partial charge in [-0.25, -0.2) is 4.98 Å². The summed E-state index contributed by atoms with van der Waals surface area (Å²) in [5.41, 5.74) is 0. The van der Waals surface area contributed by atoms with Crippen molar-refractivity contribution in [2.24, 2.45) is 4.99 Å². The lowest BCUT2D eigenvalue weighted by Gasteiger charge is -2.36. The number of aryl methyl sites for hydroxylation is 1. The monoisotopic (exact) mass is 522 g/mol. The summed E-state index contributed by atoms with van der Waals surface area (Å²) in [5.74, 6) is 1.95. The molecule has 0 unspecified atom stereocenters. The van der Waals surface area contributed by atoms with Crippen LogP contribution in [0.4, 0.5) is 5.13 Å². The Kier molecular flexibility index (Phi) is 10.8. The minimum absolute atomic E-state index is 0. The molecule has 0 amide bonds. The number of hydrogen-bond donors (Lipinski definition) is 1. The van der Waals surface area contributed by atoms with E-state index in [4.69, 9.17) is 4.74 Å². The van der Waals surface area contributed by atoms with Gasteiger partial charge in [-0.05, 0) is 19.3 Å². The van der Waals surface area contributed by atoms with Gasteiger partial charge in [-0.1, -0.05) is 26.2 Å².